The maximum Gasteiger partial charge on any atom is 0.256 e. The van der Waals surface area contributed by atoms with E-state index in [1.54, 1.807) is 18.3 Å². The van der Waals surface area contributed by atoms with Gasteiger partial charge in [0.05, 0.1) is 5.56 Å². The Kier molecular flexibility index (Phi) is 2.26. The molecule has 1 aromatic carbocycles. The van der Waals surface area contributed by atoms with E-state index in [1.807, 2.05) is 30.3 Å². The van der Waals surface area contributed by atoms with Crippen LogP contribution in [-0.4, -0.2) is 10.9 Å². The number of amides is 1. The van der Waals surface area contributed by atoms with Gasteiger partial charge in [-0.05, 0) is 17.7 Å². The molecule has 3 rings (SSSR count). The fraction of sp³-hybridized carbons (Fsp3) is 0.0769. The van der Waals surface area contributed by atoms with Gasteiger partial charge in [0.25, 0.3) is 5.91 Å². The van der Waals surface area contributed by atoms with E-state index in [1.165, 1.54) is 0 Å². The molecule has 4 heteroatoms. The summed E-state index contributed by atoms with van der Waals surface area (Å²) in [5.74, 6) is 0.533. The zero-order chi connectivity index (χ0) is 11.7. The number of pyridine rings is 1. The minimum atomic E-state index is -0.217. The lowest BCUT2D eigenvalue weighted by Crippen LogP contribution is -2.38. The predicted octanol–water partition coefficient (Wildman–Crippen LogP) is 1.94. The number of aromatic nitrogens is 1. The monoisotopic (exact) mass is 225 g/mol. The molecule has 1 aliphatic rings. The van der Waals surface area contributed by atoms with Crippen LogP contribution in [0.25, 0.3) is 0 Å². The van der Waals surface area contributed by atoms with Crippen molar-refractivity contribution in [3.63, 3.8) is 0 Å². The maximum atomic E-state index is 11.9. The van der Waals surface area contributed by atoms with Gasteiger partial charge in [-0.15, -0.1) is 0 Å². The Labute approximate surface area is 98.7 Å². The maximum absolute atomic E-state index is 11.9. The number of hydrogen-bond donors (Lipinski definition) is 2. The van der Waals surface area contributed by atoms with E-state index in [2.05, 4.69) is 15.6 Å². The van der Waals surface area contributed by atoms with Gasteiger partial charge in [-0.3, -0.25) is 4.79 Å². The average molecular weight is 225 g/mol. The molecule has 2 N–H and O–H groups in total. The van der Waals surface area contributed by atoms with Gasteiger partial charge in [-0.2, -0.15) is 0 Å². The molecule has 0 unspecified atom stereocenters. The first-order valence-corrected chi connectivity index (χ1v) is 5.42. The third kappa shape index (κ3) is 1.73. The summed E-state index contributed by atoms with van der Waals surface area (Å²) >= 11 is 0. The fourth-order valence-electron chi connectivity index (χ4n) is 1.90. The summed E-state index contributed by atoms with van der Waals surface area (Å²) < 4.78 is 0. The SMILES string of the molecule is O=C1N[C@@H](c2ccccc2)Nc2ncccc21. The highest BCUT2D eigenvalue weighted by Crippen LogP contribution is 2.23. The van der Waals surface area contributed by atoms with E-state index >= 15 is 0 Å². The smallest absolute Gasteiger partial charge is 0.256 e. The van der Waals surface area contributed by atoms with Gasteiger partial charge in [0, 0.05) is 6.20 Å². The number of nitrogens with one attached hydrogen (secondary N) is 2. The Balaban J connectivity index is 1.97. The molecule has 4 nitrogen and oxygen atoms in total. The lowest BCUT2D eigenvalue weighted by atomic mass is 10.1. The van der Waals surface area contributed by atoms with Crippen molar-refractivity contribution in [1.29, 1.82) is 0 Å². The van der Waals surface area contributed by atoms with Crippen LogP contribution in [0, 0.1) is 0 Å². The van der Waals surface area contributed by atoms with Gasteiger partial charge in [0.15, 0.2) is 0 Å². The van der Waals surface area contributed by atoms with E-state index < -0.39 is 0 Å². The first-order valence-electron chi connectivity index (χ1n) is 5.42. The van der Waals surface area contributed by atoms with Crippen LogP contribution >= 0.6 is 0 Å². The number of anilines is 1. The minimum absolute atomic E-state index is 0.0966. The van der Waals surface area contributed by atoms with Crippen molar-refractivity contribution in [3.05, 3.63) is 59.8 Å². The van der Waals surface area contributed by atoms with Gasteiger partial charge in [0.1, 0.15) is 12.0 Å². The Morgan fingerprint density at radius 2 is 1.82 bits per heavy atom. The van der Waals surface area contributed by atoms with Gasteiger partial charge in [0.2, 0.25) is 0 Å². The Bertz CT molecular complexity index is 554. The summed E-state index contributed by atoms with van der Waals surface area (Å²) in [5, 5.41) is 6.10. The molecule has 1 aliphatic heterocycles. The average Bonchev–Trinajstić information content (AvgIpc) is 2.40. The highest BCUT2D eigenvalue weighted by atomic mass is 16.2. The standard InChI is InChI=1S/C13H11N3O/c17-13-10-7-4-8-14-12(10)15-11(16-13)9-5-2-1-3-6-9/h1-8,11H,(H,14,15)(H,16,17)/t11-/m0/s1. The lowest BCUT2D eigenvalue weighted by molar-refractivity contribution is 0.0935. The van der Waals surface area contributed by atoms with Crippen LogP contribution in [0.2, 0.25) is 0 Å². The van der Waals surface area contributed by atoms with Crippen LogP contribution in [0.4, 0.5) is 5.82 Å². The van der Waals surface area contributed by atoms with Gasteiger partial charge in [-0.1, -0.05) is 30.3 Å². The number of nitrogens with zero attached hydrogens (tertiary/aromatic N) is 1. The molecule has 84 valence electrons. The second kappa shape index (κ2) is 3.90. The zero-order valence-electron chi connectivity index (χ0n) is 9.05. The quantitative estimate of drug-likeness (QED) is 0.779. The van der Waals surface area contributed by atoms with Crippen molar-refractivity contribution in [1.82, 2.24) is 10.3 Å². The predicted molar refractivity (Wildman–Crippen MR) is 64.5 cm³/mol. The molecule has 2 aromatic rings. The molecular formula is C13H11N3O. The minimum Gasteiger partial charge on any atom is -0.346 e. The molecule has 0 spiro atoms. The Morgan fingerprint density at radius 3 is 2.65 bits per heavy atom. The van der Waals surface area contributed by atoms with E-state index in [4.69, 9.17) is 0 Å². The molecule has 1 amide bonds. The number of fused-ring (bicyclic) bond motifs is 1. The highest BCUT2D eigenvalue weighted by molar-refractivity contribution is 6.00. The van der Waals surface area contributed by atoms with Gasteiger partial charge >= 0.3 is 0 Å². The molecule has 0 bridgehead atoms. The van der Waals surface area contributed by atoms with E-state index in [-0.39, 0.29) is 12.1 Å². The van der Waals surface area contributed by atoms with Crippen molar-refractivity contribution in [2.75, 3.05) is 5.32 Å². The van der Waals surface area contributed by atoms with E-state index in [0.29, 0.717) is 11.4 Å². The molecular weight excluding hydrogens is 214 g/mol. The van der Waals surface area contributed by atoms with E-state index in [0.717, 1.165) is 5.56 Å². The first-order chi connectivity index (χ1) is 8.34. The van der Waals surface area contributed by atoms with Crippen LogP contribution in [-0.2, 0) is 0 Å². The number of carbonyl (C=O) groups excluding carboxylic acids is 1. The molecule has 2 heterocycles. The summed E-state index contributed by atoms with van der Waals surface area (Å²) in [4.78, 5) is 16.1. The summed E-state index contributed by atoms with van der Waals surface area (Å²) in [6, 6.07) is 13.3. The van der Waals surface area contributed by atoms with Crippen LogP contribution < -0.4 is 10.6 Å². The topological polar surface area (TPSA) is 54.0 Å². The van der Waals surface area contributed by atoms with Crippen LogP contribution in [0.3, 0.4) is 0 Å². The normalized spacial score (nSPS) is 17.9. The highest BCUT2D eigenvalue weighted by Gasteiger charge is 2.24. The summed E-state index contributed by atoms with van der Waals surface area (Å²) in [5.41, 5.74) is 1.59. The fourth-order valence-corrected chi connectivity index (χ4v) is 1.90. The molecule has 1 aromatic heterocycles. The molecule has 0 saturated heterocycles. The van der Waals surface area contributed by atoms with Crippen molar-refractivity contribution < 1.29 is 4.79 Å². The Hall–Kier alpha value is -2.36. The zero-order valence-corrected chi connectivity index (χ0v) is 9.05. The number of carbonyl (C=O) groups is 1. The molecule has 0 fully saturated rings. The van der Waals surface area contributed by atoms with Crippen molar-refractivity contribution >= 4 is 11.7 Å². The molecule has 0 saturated carbocycles. The number of hydrogen-bond acceptors (Lipinski definition) is 3. The third-order valence-corrected chi connectivity index (χ3v) is 2.74. The number of rotatable bonds is 1. The summed E-state index contributed by atoms with van der Waals surface area (Å²) in [7, 11) is 0. The van der Waals surface area contributed by atoms with Gasteiger partial charge in [-0.25, -0.2) is 4.98 Å². The van der Waals surface area contributed by atoms with Crippen LogP contribution in [0.15, 0.2) is 48.7 Å². The molecule has 0 radical (unpaired) electrons. The molecule has 17 heavy (non-hydrogen) atoms. The van der Waals surface area contributed by atoms with Crippen molar-refractivity contribution in [3.8, 4) is 0 Å². The van der Waals surface area contributed by atoms with Gasteiger partial charge < -0.3 is 10.6 Å². The lowest BCUT2D eigenvalue weighted by Gasteiger charge is -2.27. The van der Waals surface area contributed by atoms with Crippen molar-refractivity contribution in [2.45, 2.75) is 6.17 Å². The van der Waals surface area contributed by atoms with Crippen LogP contribution in [0.1, 0.15) is 22.1 Å². The van der Waals surface area contributed by atoms with Crippen LogP contribution in [0.5, 0.6) is 0 Å². The summed E-state index contributed by atoms with van der Waals surface area (Å²) in [6.07, 6.45) is 1.46. The molecule has 1 atom stereocenters. The van der Waals surface area contributed by atoms with Crippen molar-refractivity contribution in [2.24, 2.45) is 0 Å². The molecule has 0 aliphatic carbocycles. The Morgan fingerprint density at radius 1 is 1.00 bits per heavy atom. The van der Waals surface area contributed by atoms with E-state index in [9.17, 15) is 4.79 Å². The third-order valence-electron chi connectivity index (χ3n) is 2.74. The first kappa shape index (κ1) is 9.84. The second-order valence-corrected chi connectivity index (χ2v) is 3.86. The number of benzene rings is 1. The second-order valence-electron chi connectivity index (χ2n) is 3.86. The largest absolute Gasteiger partial charge is 0.346 e. The summed E-state index contributed by atoms with van der Waals surface area (Å²) in [6.45, 7) is 0.